The van der Waals surface area contributed by atoms with Gasteiger partial charge in [0.15, 0.2) is 0 Å². The number of carbonyl (C=O) groups excluding carboxylic acids is 2. The second kappa shape index (κ2) is 7.80. The van der Waals surface area contributed by atoms with Crippen molar-refractivity contribution >= 4 is 22.7 Å². The van der Waals surface area contributed by atoms with Gasteiger partial charge >= 0.3 is 0 Å². The largest absolute Gasteiger partial charge is 0.338 e. The summed E-state index contributed by atoms with van der Waals surface area (Å²) >= 11 is 0. The monoisotopic (exact) mass is 369 g/mol. The Morgan fingerprint density at radius 1 is 0.714 bits per heavy atom. The number of hydrogen-bond donors (Lipinski definition) is 2. The summed E-state index contributed by atoms with van der Waals surface area (Å²) in [5.74, 6) is -0.652. The maximum Gasteiger partial charge on any atom is 0.269 e. The van der Waals surface area contributed by atoms with Crippen LogP contribution in [-0.4, -0.2) is 16.4 Å². The lowest BCUT2D eigenvalue weighted by Crippen LogP contribution is -2.43. The normalized spacial score (nSPS) is 10.6. The van der Waals surface area contributed by atoms with Gasteiger partial charge in [0.05, 0.1) is 0 Å². The molecule has 0 unspecified atom stereocenters. The number of fused-ring (bicyclic) bond motifs is 1. The fourth-order valence-electron chi connectivity index (χ4n) is 3.12. The van der Waals surface area contributed by atoms with E-state index < -0.39 is 0 Å². The summed E-state index contributed by atoms with van der Waals surface area (Å²) in [4.78, 5) is 24.5. The summed E-state index contributed by atoms with van der Waals surface area (Å²) in [7, 11) is 0. The van der Waals surface area contributed by atoms with Gasteiger partial charge in [-0.05, 0) is 40.8 Å². The molecule has 5 nitrogen and oxygen atoms in total. The van der Waals surface area contributed by atoms with Crippen LogP contribution in [0.3, 0.4) is 0 Å². The fourth-order valence-corrected chi connectivity index (χ4v) is 3.12. The Hall–Kier alpha value is -3.86. The third kappa shape index (κ3) is 3.78. The lowest BCUT2D eigenvalue weighted by molar-refractivity contribution is -0.122. The van der Waals surface area contributed by atoms with E-state index >= 15 is 0 Å². The van der Waals surface area contributed by atoms with E-state index in [0.29, 0.717) is 5.56 Å². The predicted molar refractivity (Wildman–Crippen MR) is 109 cm³/mol. The summed E-state index contributed by atoms with van der Waals surface area (Å²) in [6.45, 7) is 0.126. The first-order valence-corrected chi connectivity index (χ1v) is 8.99. The summed E-state index contributed by atoms with van der Waals surface area (Å²) in [5.41, 5.74) is 8.50. The molecule has 4 rings (SSSR count). The van der Waals surface area contributed by atoms with Crippen LogP contribution in [-0.2, 0) is 11.3 Å². The molecule has 0 aliphatic carbocycles. The molecule has 4 aromatic rings. The van der Waals surface area contributed by atoms with E-state index in [1.165, 1.54) is 0 Å². The van der Waals surface area contributed by atoms with Gasteiger partial charge in [-0.2, -0.15) is 0 Å². The van der Waals surface area contributed by atoms with Crippen LogP contribution in [0.25, 0.3) is 22.0 Å². The zero-order valence-corrected chi connectivity index (χ0v) is 15.1. The van der Waals surface area contributed by atoms with Crippen molar-refractivity contribution in [2.45, 2.75) is 6.54 Å². The van der Waals surface area contributed by atoms with E-state index in [-0.39, 0.29) is 18.4 Å². The molecule has 0 atom stereocenters. The maximum atomic E-state index is 12.3. The Morgan fingerprint density at radius 3 is 2.18 bits per heavy atom. The summed E-state index contributed by atoms with van der Waals surface area (Å²) in [6, 6.07) is 27.0. The number of aromatic nitrogens is 1. The average molecular weight is 369 g/mol. The van der Waals surface area contributed by atoms with E-state index in [9.17, 15) is 9.59 Å². The van der Waals surface area contributed by atoms with Crippen LogP contribution in [0.1, 0.15) is 10.4 Å². The molecule has 2 N–H and O–H groups in total. The third-order valence-electron chi connectivity index (χ3n) is 4.56. The molecule has 0 spiro atoms. The molecule has 0 fully saturated rings. The van der Waals surface area contributed by atoms with Gasteiger partial charge in [0.1, 0.15) is 6.54 Å². The van der Waals surface area contributed by atoms with E-state index in [0.717, 1.165) is 22.0 Å². The number of amides is 2. The molecule has 0 aliphatic rings. The van der Waals surface area contributed by atoms with Gasteiger partial charge in [0.25, 0.3) is 11.8 Å². The molecule has 0 saturated carbocycles. The summed E-state index contributed by atoms with van der Waals surface area (Å²) < 4.78 is 1.84. The number of hydrazine groups is 1. The minimum absolute atomic E-state index is 0.126. The molecule has 0 aliphatic heterocycles. The van der Waals surface area contributed by atoms with Crippen LogP contribution in [0.5, 0.6) is 0 Å². The molecule has 0 radical (unpaired) electrons. The SMILES string of the molecule is O=C(Cn1ccc2ccccc21)NNC(=O)c1ccc(-c2ccccc2)cc1. The van der Waals surface area contributed by atoms with Gasteiger partial charge in [-0.1, -0.05) is 60.7 Å². The highest BCUT2D eigenvalue weighted by atomic mass is 16.2. The van der Waals surface area contributed by atoms with Gasteiger partial charge < -0.3 is 4.57 Å². The first-order valence-electron chi connectivity index (χ1n) is 8.99. The Labute approximate surface area is 162 Å². The number of rotatable bonds is 4. The Balaban J connectivity index is 1.35. The minimum atomic E-state index is -0.356. The predicted octanol–water partition coefficient (Wildman–Crippen LogP) is 3.77. The van der Waals surface area contributed by atoms with Gasteiger partial charge in [-0.25, -0.2) is 0 Å². The van der Waals surface area contributed by atoms with Crippen LogP contribution in [0.2, 0.25) is 0 Å². The second-order valence-electron chi connectivity index (χ2n) is 6.45. The van der Waals surface area contributed by atoms with Crippen molar-refractivity contribution in [1.29, 1.82) is 0 Å². The molecule has 1 heterocycles. The van der Waals surface area contributed by atoms with Crippen LogP contribution < -0.4 is 10.9 Å². The molecule has 5 heteroatoms. The summed E-state index contributed by atoms with van der Waals surface area (Å²) in [6.07, 6.45) is 1.86. The van der Waals surface area contributed by atoms with Crippen molar-refractivity contribution in [3.05, 3.63) is 96.7 Å². The number of hydrogen-bond acceptors (Lipinski definition) is 2. The molecule has 138 valence electrons. The molecule has 0 saturated heterocycles. The number of benzene rings is 3. The van der Waals surface area contributed by atoms with E-state index in [1.54, 1.807) is 12.1 Å². The molecule has 1 aromatic heterocycles. The average Bonchev–Trinajstić information content (AvgIpc) is 3.15. The molecular formula is C23H19N3O2. The third-order valence-corrected chi connectivity index (χ3v) is 4.56. The fraction of sp³-hybridized carbons (Fsp3) is 0.0435. The van der Waals surface area contributed by atoms with E-state index in [1.807, 2.05) is 83.6 Å². The lowest BCUT2D eigenvalue weighted by atomic mass is 10.0. The lowest BCUT2D eigenvalue weighted by Gasteiger charge is -2.09. The Morgan fingerprint density at radius 2 is 1.39 bits per heavy atom. The molecule has 28 heavy (non-hydrogen) atoms. The summed E-state index contributed by atoms with van der Waals surface area (Å²) in [5, 5.41) is 1.07. The highest BCUT2D eigenvalue weighted by Crippen LogP contribution is 2.19. The van der Waals surface area contributed by atoms with Gasteiger partial charge in [0, 0.05) is 17.3 Å². The van der Waals surface area contributed by atoms with Crippen molar-refractivity contribution in [1.82, 2.24) is 15.4 Å². The zero-order chi connectivity index (χ0) is 19.3. The molecule has 2 amide bonds. The number of nitrogens with zero attached hydrogens (tertiary/aromatic N) is 1. The maximum absolute atomic E-state index is 12.3. The van der Waals surface area contributed by atoms with Crippen molar-refractivity contribution in [3.63, 3.8) is 0 Å². The van der Waals surface area contributed by atoms with Crippen LogP contribution in [0, 0.1) is 0 Å². The number of para-hydroxylation sites is 1. The quantitative estimate of drug-likeness (QED) is 0.538. The van der Waals surface area contributed by atoms with E-state index in [4.69, 9.17) is 0 Å². The Kier molecular flexibility index (Phi) is 4.89. The van der Waals surface area contributed by atoms with Crippen molar-refractivity contribution in [2.24, 2.45) is 0 Å². The van der Waals surface area contributed by atoms with Crippen molar-refractivity contribution in [2.75, 3.05) is 0 Å². The smallest absolute Gasteiger partial charge is 0.269 e. The van der Waals surface area contributed by atoms with Crippen molar-refractivity contribution < 1.29 is 9.59 Å². The van der Waals surface area contributed by atoms with Crippen LogP contribution in [0.15, 0.2) is 91.1 Å². The van der Waals surface area contributed by atoms with Gasteiger partial charge in [-0.3, -0.25) is 20.4 Å². The van der Waals surface area contributed by atoms with Gasteiger partial charge in [-0.15, -0.1) is 0 Å². The molecule has 3 aromatic carbocycles. The standard InChI is InChI=1S/C23H19N3O2/c27-22(16-26-15-14-19-8-4-5-9-21(19)26)24-25-23(28)20-12-10-18(11-13-20)17-6-2-1-3-7-17/h1-15H,16H2,(H,24,27)(H,25,28). The molecular weight excluding hydrogens is 350 g/mol. The first-order chi connectivity index (χ1) is 13.7. The van der Waals surface area contributed by atoms with Crippen molar-refractivity contribution in [3.8, 4) is 11.1 Å². The highest BCUT2D eigenvalue weighted by molar-refractivity contribution is 5.96. The number of nitrogens with one attached hydrogen (secondary N) is 2. The Bertz CT molecular complexity index is 1120. The van der Waals surface area contributed by atoms with E-state index in [2.05, 4.69) is 10.9 Å². The first kappa shape index (κ1) is 17.5. The highest BCUT2D eigenvalue weighted by Gasteiger charge is 2.09. The molecule has 0 bridgehead atoms. The van der Waals surface area contributed by atoms with Crippen LogP contribution in [0.4, 0.5) is 0 Å². The van der Waals surface area contributed by atoms with Gasteiger partial charge in [0.2, 0.25) is 0 Å². The number of carbonyl (C=O) groups is 2. The topological polar surface area (TPSA) is 63.1 Å². The second-order valence-corrected chi connectivity index (χ2v) is 6.45. The zero-order valence-electron chi connectivity index (χ0n) is 15.1. The minimum Gasteiger partial charge on any atom is -0.338 e. The van der Waals surface area contributed by atoms with Crippen LogP contribution >= 0.6 is 0 Å².